The van der Waals surface area contributed by atoms with Gasteiger partial charge in [0.1, 0.15) is 18.9 Å². The second-order valence-electron chi connectivity index (χ2n) is 4.68. The zero-order chi connectivity index (χ0) is 14.5. The van der Waals surface area contributed by atoms with Gasteiger partial charge in [-0.25, -0.2) is 9.67 Å². The second-order valence-corrected chi connectivity index (χ2v) is 5.66. The summed E-state index contributed by atoms with van der Waals surface area (Å²) in [7, 11) is 0. The van der Waals surface area contributed by atoms with Crippen molar-refractivity contribution in [1.82, 2.24) is 20.1 Å². The third kappa shape index (κ3) is 3.42. The highest BCUT2D eigenvalue weighted by Gasteiger charge is 2.19. The predicted octanol–water partition coefficient (Wildman–Crippen LogP) is 1.72. The van der Waals surface area contributed by atoms with E-state index in [-0.39, 0.29) is 24.3 Å². The quantitative estimate of drug-likeness (QED) is 0.908. The lowest BCUT2D eigenvalue weighted by molar-refractivity contribution is -0.122. The van der Waals surface area contributed by atoms with Crippen molar-refractivity contribution in [2.24, 2.45) is 5.92 Å². The van der Waals surface area contributed by atoms with Gasteiger partial charge in [0, 0.05) is 4.88 Å². The van der Waals surface area contributed by atoms with E-state index in [1.54, 1.807) is 11.3 Å². The van der Waals surface area contributed by atoms with Crippen molar-refractivity contribution in [3.63, 3.8) is 0 Å². The molecule has 1 amide bonds. The van der Waals surface area contributed by atoms with Crippen LogP contribution in [-0.2, 0) is 11.3 Å². The molecule has 0 aliphatic rings. The maximum absolute atomic E-state index is 12.0. The molecule has 2 aromatic heterocycles. The van der Waals surface area contributed by atoms with E-state index in [1.807, 2.05) is 23.6 Å². The molecular weight excluding hydrogens is 274 g/mol. The summed E-state index contributed by atoms with van der Waals surface area (Å²) in [6, 6.07) is 5.80. The van der Waals surface area contributed by atoms with Gasteiger partial charge >= 0.3 is 0 Å². The van der Waals surface area contributed by atoms with Gasteiger partial charge in [0.2, 0.25) is 5.91 Å². The highest BCUT2D eigenvalue weighted by Crippen LogP contribution is 2.25. The fraction of sp³-hybridized carbons (Fsp3) is 0.385. The molecule has 2 rings (SSSR count). The molecule has 20 heavy (non-hydrogen) atoms. The van der Waals surface area contributed by atoms with Crippen LogP contribution in [0.5, 0.6) is 0 Å². The lowest BCUT2D eigenvalue weighted by Crippen LogP contribution is -2.33. The molecule has 0 saturated carbocycles. The number of nitriles is 1. The first-order valence-electron chi connectivity index (χ1n) is 6.22. The molecule has 0 aromatic carbocycles. The molecule has 0 aliphatic heterocycles. The summed E-state index contributed by atoms with van der Waals surface area (Å²) >= 11 is 1.62. The fourth-order valence-electron chi connectivity index (χ4n) is 1.82. The Morgan fingerprint density at radius 3 is 2.95 bits per heavy atom. The number of amides is 1. The van der Waals surface area contributed by atoms with E-state index in [0.717, 1.165) is 4.88 Å². The maximum Gasteiger partial charge on any atom is 0.252 e. The standard InChI is InChI=1S/C13H15N5OS/c1-9(2)13(10-4-3-5-20-10)16-12(19)7-18-8-15-11(6-14)17-18/h3-5,8-9,13H,7H2,1-2H3,(H,16,19)/t13-/m0/s1. The highest BCUT2D eigenvalue weighted by atomic mass is 32.1. The topological polar surface area (TPSA) is 83.6 Å². The maximum atomic E-state index is 12.0. The molecule has 104 valence electrons. The van der Waals surface area contributed by atoms with Crippen molar-refractivity contribution in [3.05, 3.63) is 34.5 Å². The summed E-state index contributed by atoms with van der Waals surface area (Å²) in [6.07, 6.45) is 1.38. The minimum Gasteiger partial charge on any atom is -0.347 e. The van der Waals surface area contributed by atoms with Crippen molar-refractivity contribution >= 4 is 17.2 Å². The van der Waals surface area contributed by atoms with Gasteiger partial charge in [-0.15, -0.1) is 16.4 Å². The number of rotatable bonds is 5. The predicted molar refractivity (Wildman–Crippen MR) is 74.8 cm³/mol. The van der Waals surface area contributed by atoms with Crippen LogP contribution in [0, 0.1) is 17.2 Å². The Morgan fingerprint density at radius 2 is 2.40 bits per heavy atom. The zero-order valence-electron chi connectivity index (χ0n) is 11.3. The molecule has 2 aromatic rings. The Morgan fingerprint density at radius 1 is 1.60 bits per heavy atom. The number of aromatic nitrogens is 3. The first-order valence-corrected chi connectivity index (χ1v) is 7.10. The lowest BCUT2D eigenvalue weighted by Gasteiger charge is -2.21. The molecule has 1 N–H and O–H groups in total. The summed E-state index contributed by atoms with van der Waals surface area (Å²) in [4.78, 5) is 16.9. The third-order valence-corrected chi connectivity index (χ3v) is 3.73. The van der Waals surface area contributed by atoms with Crippen LogP contribution in [0.1, 0.15) is 30.6 Å². The van der Waals surface area contributed by atoms with Gasteiger partial charge in [0.05, 0.1) is 6.04 Å². The summed E-state index contributed by atoms with van der Waals surface area (Å²) < 4.78 is 1.36. The Hall–Kier alpha value is -2.20. The van der Waals surface area contributed by atoms with Gasteiger partial charge in [-0.3, -0.25) is 4.79 Å². The number of carbonyl (C=O) groups is 1. The minimum absolute atomic E-state index is 0.0125. The molecule has 0 aliphatic carbocycles. The van der Waals surface area contributed by atoms with Crippen LogP contribution in [0.4, 0.5) is 0 Å². The molecule has 7 heteroatoms. The summed E-state index contributed by atoms with van der Waals surface area (Å²) in [6.45, 7) is 4.19. The molecule has 0 spiro atoms. The van der Waals surface area contributed by atoms with E-state index in [0.29, 0.717) is 5.92 Å². The summed E-state index contributed by atoms with van der Waals surface area (Å²) in [5.41, 5.74) is 0. The Labute approximate surface area is 121 Å². The molecule has 2 heterocycles. The van der Waals surface area contributed by atoms with Gasteiger partial charge in [-0.1, -0.05) is 19.9 Å². The number of nitrogens with zero attached hydrogens (tertiary/aromatic N) is 4. The van der Waals surface area contributed by atoms with Crippen molar-refractivity contribution in [2.75, 3.05) is 0 Å². The van der Waals surface area contributed by atoms with E-state index in [2.05, 4.69) is 29.2 Å². The van der Waals surface area contributed by atoms with Crippen molar-refractivity contribution < 1.29 is 4.79 Å². The summed E-state index contributed by atoms with van der Waals surface area (Å²) in [5.74, 6) is 0.214. The molecule has 1 atom stereocenters. The lowest BCUT2D eigenvalue weighted by atomic mass is 10.0. The SMILES string of the molecule is CC(C)[C@H](NC(=O)Cn1cnc(C#N)n1)c1cccs1. The van der Waals surface area contributed by atoms with Gasteiger partial charge in [-0.05, 0) is 17.4 Å². The molecule has 6 nitrogen and oxygen atoms in total. The van der Waals surface area contributed by atoms with Crippen LogP contribution in [0.2, 0.25) is 0 Å². The average molecular weight is 289 g/mol. The molecule has 0 bridgehead atoms. The van der Waals surface area contributed by atoms with Crippen LogP contribution in [0.3, 0.4) is 0 Å². The number of hydrogen-bond donors (Lipinski definition) is 1. The Bertz CT molecular complexity index is 611. The third-order valence-electron chi connectivity index (χ3n) is 2.77. The van der Waals surface area contributed by atoms with E-state index in [4.69, 9.17) is 5.26 Å². The first-order chi connectivity index (χ1) is 9.60. The van der Waals surface area contributed by atoms with Crippen LogP contribution in [0.15, 0.2) is 23.8 Å². The normalized spacial score (nSPS) is 12.1. The smallest absolute Gasteiger partial charge is 0.252 e. The van der Waals surface area contributed by atoms with E-state index in [9.17, 15) is 4.79 Å². The molecule has 0 unspecified atom stereocenters. The van der Waals surface area contributed by atoms with Crippen LogP contribution < -0.4 is 5.32 Å². The second kappa shape index (κ2) is 6.30. The van der Waals surface area contributed by atoms with Crippen LogP contribution in [0.25, 0.3) is 0 Å². The van der Waals surface area contributed by atoms with Gasteiger partial charge in [0.15, 0.2) is 0 Å². The number of nitrogens with one attached hydrogen (secondary N) is 1. The Kier molecular flexibility index (Phi) is 4.48. The fourth-order valence-corrected chi connectivity index (χ4v) is 2.77. The van der Waals surface area contributed by atoms with Crippen LogP contribution >= 0.6 is 11.3 Å². The monoisotopic (exact) mass is 289 g/mol. The van der Waals surface area contributed by atoms with Gasteiger partial charge in [-0.2, -0.15) is 5.26 Å². The molecule has 0 fully saturated rings. The number of carbonyl (C=O) groups excluding carboxylic acids is 1. The molecule has 0 saturated heterocycles. The summed E-state index contributed by atoms with van der Waals surface area (Å²) in [5, 5.41) is 17.5. The van der Waals surface area contributed by atoms with E-state index >= 15 is 0 Å². The van der Waals surface area contributed by atoms with E-state index < -0.39 is 0 Å². The largest absolute Gasteiger partial charge is 0.347 e. The zero-order valence-corrected chi connectivity index (χ0v) is 12.1. The van der Waals surface area contributed by atoms with Gasteiger partial charge < -0.3 is 5.32 Å². The van der Waals surface area contributed by atoms with Crippen molar-refractivity contribution in [3.8, 4) is 6.07 Å². The highest BCUT2D eigenvalue weighted by molar-refractivity contribution is 7.10. The van der Waals surface area contributed by atoms with Gasteiger partial charge in [0.25, 0.3) is 5.82 Å². The number of hydrogen-bond acceptors (Lipinski definition) is 5. The minimum atomic E-state index is -0.147. The number of thiophene rings is 1. The Balaban J connectivity index is 2.00. The molecular formula is C13H15N5OS. The van der Waals surface area contributed by atoms with Crippen molar-refractivity contribution in [2.45, 2.75) is 26.4 Å². The molecule has 0 radical (unpaired) electrons. The first kappa shape index (κ1) is 14.2. The van der Waals surface area contributed by atoms with E-state index in [1.165, 1.54) is 11.0 Å². The van der Waals surface area contributed by atoms with Crippen molar-refractivity contribution in [1.29, 1.82) is 5.26 Å². The van der Waals surface area contributed by atoms with Crippen LogP contribution in [-0.4, -0.2) is 20.7 Å². The average Bonchev–Trinajstić information content (AvgIpc) is 3.06.